The molecule has 2 aromatic heterocycles. The average Bonchev–Trinajstić information content (AvgIpc) is 2.74. The number of pyridine rings is 2. The quantitative estimate of drug-likeness (QED) is 0.266. The van der Waals surface area contributed by atoms with E-state index < -0.39 is 11.9 Å². The van der Waals surface area contributed by atoms with Crippen LogP contribution < -0.4 is 0 Å². The van der Waals surface area contributed by atoms with Gasteiger partial charge in [-0.25, -0.2) is 9.97 Å². The Hall–Kier alpha value is -3.66. The zero-order chi connectivity index (χ0) is 19.1. The van der Waals surface area contributed by atoms with Gasteiger partial charge in [0.05, 0.1) is 0 Å². The van der Waals surface area contributed by atoms with Gasteiger partial charge in [0.2, 0.25) is 11.9 Å². The summed E-state index contributed by atoms with van der Waals surface area (Å²) in [4.78, 5) is 8.14. The highest BCUT2D eigenvalue weighted by molar-refractivity contribution is 6.11. The molecule has 0 atom stereocenters. The topological polar surface area (TPSA) is 25.8 Å². The monoisotopic (exact) mass is 368 g/mol. The first-order valence-electron chi connectivity index (χ1n) is 8.91. The van der Waals surface area contributed by atoms with Gasteiger partial charge in [0, 0.05) is 22.9 Å². The van der Waals surface area contributed by atoms with Gasteiger partial charge in [-0.3, -0.25) is 0 Å². The Balaban J connectivity index is 1.89. The summed E-state index contributed by atoms with van der Waals surface area (Å²) in [5.74, 6) is -1.24. The normalized spacial score (nSPS) is 11.2. The molecule has 5 aromatic rings. The molecule has 0 aliphatic rings. The second-order valence-corrected chi connectivity index (χ2v) is 6.58. The number of hydrogen-bond donors (Lipinski definition) is 0. The summed E-state index contributed by atoms with van der Waals surface area (Å²) >= 11 is 0. The molecule has 0 N–H and O–H groups in total. The molecule has 4 heteroatoms. The molecule has 0 unspecified atom stereocenters. The molecule has 0 saturated carbocycles. The fourth-order valence-electron chi connectivity index (χ4n) is 3.63. The van der Waals surface area contributed by atoms with E-state index in [9.17, 15) is 8.78 Å². The maximum absolute atomic E-state index is 14.4. The average molecular weight is 368 g/mol. The summed E-state index contributed by atoms with van der Waals surface area (Å²) in [7, 11) is 0. The molecule has 2 heterocycles. The van der Waals surface area contributed by atoms with Gasteiger partial charge in [-0.15, -0.1) is 0 Å². The number of nitrogens with zero attached hydrogens (tertiary/aromatic N) is 2. The zero-order valence-electron chi connectivity index (χ0n) is 14.7. The lowest BCUT2D eigenvalue weighted by atomic mass is 9.96. The Morgan fingerprint density at radius 3 is 1.29 bits per heavy atom. The minimum Gasteiger partial charge on any atom is -0.217 e. The molecule has 134 valence electrons. The van der Waals surface area contributed by atoms with Crippen molar-refractivity contribution < 1.29 is 8.78 Å². The molecular weight excluding hydrogens is 354 g/mol. The lowest BCUT2D eigenvalue weighted by Gasteiger charge is -2.12. The summed E-state index contributed by atoms with van der Waals surface area (Å²) in [5.41, 5.74) is 3.86. The third-order valence-electron chi connectivity index (χ3n) is 4.87. The molecule has 0 aliphatic heterocycles. The van der Waals surface area contributed by atoms with Crippen molar-refractivity contribution in [1.29, 1.82) is 0 Å². The minimum absolute atomic E-state index is 0.355. The van der Waals surface area contributed by atoms with E-state index in [1.165, 1.54) is 12.1 Å². The summed E-state index contributed by atoms with van der Waals surface area (Å²) < 4.78 is 28.8. The number of aromatic nitrogens is 2. The molecular formula is C24H14F2N2. The van der Waals surface area contributed by atoms with E-state index in [-0.39, 0.29) is 0 Å². The third kappa shape index (κ3) is 2.70. The van der Waals surface area contributed by atoms with Crippen LogP contribution >= 0.6 is 0 Å². The number of halogens is 2. The van der Waals surface area contributed by atoms with E-state index in [1.54, 1.807) is 0 Å². The Morgan fingerprint density at radius 2 is 0.893 bits per heavy atom. The second kappa shape index (κ2) is 6.50. The summed E-state index contributed by atoms with van der Waals surface area (Å²) in [6.07, 6.45) is 0. The van der Waals surface area contributed by atoms with Crippen LogP contribution in [0.5, 0.6) is 0 Å². The summed E-state index contributed by atoms with van der Waals surface area (Å²) in [6, 6.07) is 25.6. The lowest BCUT2D eigenvalue weighted by Crippen LogP contribution is -1.95. The maximum Gasteiger partial charge on any atom is 0.214 e. The minimum atomic E-state index is -0.619. The highest BCUT2D eigenvalue weighted by Crippen LogP contribution is 2.35. The van der Waals surface area contributed by atoms with Crippen LogP contribution in [0.2, 0.25) is 0 Å². The van der Waals surface area contributed by atoms with E-state index in [4.69, 9.17) is 0 Å². The fraction of sp³-hybridized carbons (Fsp3) is 0. The van der Waals surface area contributed by atoms with Crippen molar-refractivity contribution in [2.45, 2.75) is 0 Å². The van der Waals surface area contributed by atoms with Crippen LogP contribution in [0.3, 0.4) is 0 Å². The van der Waals surface area contributed by atoms with E-state index in [0.29, 0.717) is 22.2 Å². The number of benzene rings is 3. The van der Waals surface area contributed by atoms with Crippen LogP contribution in [0.25, 0.3) is 44.1 Å². The van der Waals surface area contributed by atoms with Crippen LogP contribution in [-0.4, -0.2) is 9.97 Å². The number of rotatable bonds is 2. The van der Waals surface area contributed by atoms with Gasteiger partial charge in [-0.1, -0.05) is 72.8 Å². The fourth-order valence-corrected chi connectivity index (χ4v) is 3.63. The molecule has 0 saturated heterocycles. The Labute approximate surface area is 160 Å². The molecule has 2 nitrogen and oxygen atoms in total. The van der Waals surface area contributed by atoms with Gasteiger partial charge < -0.3 is 0 Å². The highest BCUT2D eigenvalue weighted by atomic mass is 19.1. The smallest absolute Gasteiger partial charge is 0.214 e. The van der Waals surface area contributed by atoms with Crippen LogP contribution in [0.1, 0.15) is 0 Å². The lowest BCUT2D eigenvalue weighted by molar-refractivity contribution is 0.586. The van der Waals surface area contributed by atoms with E-state index in [0.717, 1.165) is 21.9 Å². The van der Waals surface area contributed by atoms with Crippen molar-refractivity contribution in [2.75, 3.05) is 0 Å². The maximum atomic E-state index is 14.4. The van der Waals surface area contributed by atoms with Gasteiger partial charge in [0.25, 0.3) is 0 Å². The van der Waals surface area contributed by atoms with Gasteiger partial charge in [-0.05, 0) is 22.3 Å². The molecule has 0 bridgehead atoms. The van der Waals surface area contributed by atoms with Crippen molar-refractivity contribution in [3.8, 4) is 22.3 Å². The standard InChI is InChI=1S/C24H14F2N2/c25-21-13-19(15-7-3-1-4-8-15)17-11-12-18-20(16-9-5-2-6-10-16)14-22(26)28-24(18)23(17)27-21/h1-14H. The predicted octanol–water partition coefficient (Wildman–Crippen LogP) is 6.40. The molecule has 5 rings (SSSR count). The molecule has 0 fully saturated rings. The molecule has 0 spiro atoms. The Morgan fingerprint density at radius 1 is 0.500 bits per heavy atom. The Bertz CT molecular complexity index is 1210. The molecule has 0 radical (unpaired) electrons. The van der Waals surface area contributed by atoms with Gasteiger partial charge >= 0.3 is 0 Å². The first-order valence-corrected chi connectivity index (χ1v) is 8.91. The van der Waals surface area contributed by atoms with Gasteiger partial charge in [-0.2, -0.15) is 8.78 Å². The number of hydrogen-bond acceptors (Lipinski definition) is 2. The molecule has 0 aliphatic carbocycles. The van der Waals surface area contributed by atoms with Crippen molar-refractivity contribution >= 4 is 21.8 Å². The van der Waals surface area contributed by atoms with Crippen molar-refractivity contribution in [3.63, 3.8) is 0 Å². The van der Waals surface area contributed by atoms with E-state index >= 15 is 0 Å². The van der Waals surface area contributed by atoms with Crippen molar-refractivity contribution in [3.05, 3.63) is 96.8 Å². The largest absolute Gasteiger partial charge is 0.217 e. The predicted molar refractivity (Wildman–Crippen MR) is 108 cm³/mol. The third-order valence-corrected chi connectivity index (χ3v) is 4.87. The van der Waals surface area contributed by atoms with E-state index in [1.807, 2.05) is 72.8 Å². The van der Waals surface area contributed by atoms with Crippen molar-refractivity contribution in [2.24, 2.45) is 0 Å². The number of fused-ring (bicyclic) bond motifs is 3. The van der Waals surface area contributed by atoms with E-state index in [2.05, 4.69) is 9.97 Å². The van der Waals surface area contributed by atoms with Gasteiger partial charge in [0.15, 0.2) is 0 Å². The zero-order valence-corrected chi connectivity index (χ0v) is 14.7. The highest BCUT2D eigenvalue weighted by Gasteiger charge is 2.15. The first-order chi connectivity index (χ1) is 13.7. The second-order valence-electron chi connectivity index (χ2n) is 6.58. The Kier molecular flexibility index (Phi) is 3.83. The van der Waals surface area contributed by atoms with Gasteiger partial charge in [0.1, 0.15) is 11.0 Å². The summed E-state index contributed by atoms with van der Waals surface area (Å²) in [5, 5.41) is 1.47. The van der Waals surface area contributed by atoms with Crippen LogP contribution in [0, 0.1) is 11.9 Å². The SMILES string of the molecule is Fc1cc(-c2ccccc2)c2ccc3c(-c4ccccc4)cc(F)nc3c2n1. The molecule has 28 heavy (non-hydrogen) atoms. The van der Waals surface area contributed by atoms with Crippen molar-refractivity contribution in [1.82, 2.24) is 9.97 Å². The van der Waals surface area contributed by atoms with Crippen LogP contribution in [-0.2, 0) is 0 Å². The summed E-state index contributed by atoms with van der Waals surface area (Å²) in [6.45, 7) is 0. The first kappa shape index (κ1) is 16.5. The van der Waals surface area contributed by atoms with Crippen LogP contribution in [0.15, 0.2) is 84.9 Å². The van der Waals surface area contributed by atoms with Crippen LogP contribution in [0.4, 0.5) is 8.78 Å². The molecule has 3 aromatic carbocycles. The molecule has 0 amide bonds.